The number of amides is 2. The van der Waals surface area contributed by atoms with Gasteiger partial charge in [-0.25, -0.2) is 13.6 Å². The Morgan fingerprint density at radius 2 is 2.04 bits per heavy atom. The summed E-state index contributed by atoms with van der Waals surface area (Å²) in [6.45, 7) is 1.34. The molecule has 4 N–H and O–H groups in total. The Balaban J connectivity index is 1.82. The smallest absolute Gasteiger partial charge is 0.278 e. The minimum Gasteiger partial charge on any atom is -0.466 e. The Morgan fingerprint density at radius 3 is 2.74 bits per heavy atom. The summed E-state index contributed by atoms with van der Waals surface area (Å²) in [6.07, 6.45) is 0. The summed E-state index contributed by atoms with van der Waals surface area (Å²) >= 11 is 5.89. The summed E-state index contributed by atoms with van der Waals surface area (Å²) in [7, 11) is -3.71. The van der Waals surface area contributed by atoms with Crippen LogP contribution >= 0.6 is 11.6 Å². The highest BCUT2D eigenvalue weighted by molar-refractivity contribution is 7.88. The van der Waals surface area contributed by atoms with Crippen molar-refractivity contribution in [2.75, 3.05) is 10.6 Å². The largest absolute Gasteiger partial charge is 0.466 e. The van der Waals surface area contributed by atoms with Gasteiger partial charge in [-0.2, -0.15) is 0 Å². The highest BCUT2D eigenvalue weighted by Gasteiger charge is 2.47. The maximum Gasteiger partial charge on any atom is 0.278 e. The average molecular weight is 410 g/mol. The number of ether oxygens (including phenoxy) is 1. The number of nitrogens with two attached hydrogens (primary N) is 1. The lowest BCUT2D eigenvalue weighted by Crippen LogP contribution is -2.56. The molecule has 0 saturated carbocycles. The lowest BCUT2D eigenvalue weighted by Gasteiger charge is -2.33. The van der Waals surface area contributed by atoms with E-state index in [2.05, 4.69) is 10.6 Å². The lowest BCUT2D eigenvalue weighted by molar-refractivity contribution is -0.143. The fraction of sp³-hybridized carbons (Fsp3) is 0.176. The number of carbonyl (C=O) groups excluding carboxylic acids is 2. The van der Waals surface area contributed by atoms with Gasteiger partial charge in [0.15, 0.2) is 0 Å². The first-order valence-electron chi connectivity index (χ1n) is 7.78. The van der Waals surface area contributed by atoms with Gasteiger partial charge < -0.3 is 15.4 Å². The van der Waals surface area contributed by atoms with Gasteiger partial charge in [0, 0.05) is 10.7 Å². The summed E-state index contributed by atoms with van der Waals surface area (Å²) in [5, 5.41) is 10.6. The van der Waals surface area contributed by atoms with Gasteiger partial charge in [-0.1, -0.05) is 23.7 Å². The second kappa shape index (κ2) is 6.84. The van der Waals surface area contributed by atoms with Crippen molar-refractivity contribution in [2.45, 2.75) is 18.3 Å². The van der Waals surface area contributed by atoms with Crippen LogP contribution in [0, 0.1) is 0 Å². The fourth-order valence-corrected chi connectivity index (χ4v) is 3.38. The standard InChI is InChI=1S/C17H16ClN3O5S/c1-17(16(23)21-13-8-11(18)5-6-14(13)26-17)15(22)20-12-4-2-3-10(7-12)9-27(19,24)25/h2-8H,9H2,1H3,(H,20,22)(H,21,23)(H2,19,24,25). The maximum atomic E-state index is 12.7. The van der Waals surface area contributed by atoms with Gasteiger partial charge in [0.2, 0.25) is 10.0 Å². The topological polar surface area (TPSA) is 128 Å². The molecule has 142 valence electrons. The summed E-state index contributed by atoms with van der Waals surface area (Å²) in [5.41, 5.74) is -0.750. The molecule has 3 rings (SSSR count). The molecule has 1 unspecified atom stereocenters. The van der Waals surface area contributed by atoms with Crippen LogP contribution in [0.25, 0.3) is 0 Å². The highest BCUT2D eigenvalue weighted by Crippen LogP contribution is 2.36. The van der Waals surface area contributed by atoms with Crippen molar-refractivity contribution in [1.29, 1.82) is 0 Å². The van der Waals surface area contributed by atoms with E-state index in [0.717, 1.165) is 0 Å². The summed E-state index contributed by atoms with van der Waals surface area (Å²) < 4.78 is 28.1. The molecule has 10 heteroatoms. The molecular formula is C17H16ClN3O5S. The van der Waals surface area contributed by atoms with Gasteiger partial charge in [-0.05, 0) is 42.8 Å². The Labute approximate surface area is 160 Å². The highest BCUT2D eigenvalue weighted by atomic mass is 35.5. The van der Waals surface area contributed by atoms with Crippen LogP contribution in [-0.4, -0.2) is 25.8 Å². The van der Waals surface area contributed by atoms with E-state index in [4.69, 9.17) is 21.5 Å². The van der Waals surface area contributed by atoms with Crippen molar-refractivity contribution >= 4 is 44.8 Å². The monoisotopic (exact) mass is 409 g/mol. The summed E-state index contributed by atoms with van der Waals surface area (Å²) in [6, 6.07) is 10.8. The van der Waals surface area contributed by atoms with E-state index in [-0.39, 0.29) is 5.75 Å². The zero-order valence-electron chi connectivity index (χ0n) is 14.2. The van der Waals surface area contributed by atoms with Crippen molar-refractivity contribution in [2.24, 2.45) is 5.14 Å². The average Bonchev–Trinajstić information content (AvgIpc) is 2.55. The van der Waals surface area contributed by atoms with Crippen LogP contribution in [0.5, 0.6) is 5.75 Å². The number of hydrogen-bond donors (Lipinski definition) is 3. The van der Waals surface area contributed by atoms with Crippen molar-refractivity contribution in [3.05, 3.63) is 53.1 Å². The molecule has 2 amide bonds. The molecule has 0 bridgehead atoms. The number of anilines is 2. The Kier molecular flexibility index (Phi) is 4.85. The van der Waals surface area contributed by atoms with Crippen molar-refractivity contribution in [1.82, 2.24) is 0 Å². The molecule has 27 heavy (non-hydrogen) atoms. The van der Waals surface area contributed by atoms with Gasteiger partial charge in [-0.3, -0.25) is 9.59 Å². The number of carbonyl (C=O) groups is 2. The van der Waals surface area contributed by atoms with E-state index in [0.29, 0.717) is 27.7 Å². The molecule has 0 spiro atoms. The van der Waals surface area contributed by atoms with Crippen molar-refractivity contribution in [3.8, 4) is 5.75 Å². The van der Waals surface area contributed by atoms with E-state index in [1.165, 1.54) is 19.1 Å². The molecule has 0 aromatic heterocycles. The number of primary sulfonamides is 1. The molecule has 1 heterocycles. The first-order valence-corrected chi connectivity index (χ1v) is 9.87. The van der Waals surface area contributed by atoms with E-state index in [1.54, 1.807) is 30.3 Å². The van der Waals surface area contributed by atoms with Gasteiger partial charge >= 0.3 is 0 Å². The lowest BCUT2D eigenvalue weighted by atomic mass is 10.0. The second-order valence-electron chi connectivity index (χ2n) is 6.19. The predicted octanol–water partition coefficient (Wildman–Crippen LogP) is 1.86. The number of nitrogens with one attached hydrogen (secondary N) is 2. The molecule has 1 aliphatic heterocycles. The van der Waals surface area contributed by atoms with Crippen LogP contribution in [0.3, 0.4) is 0 Å². The zero-order valence-corrected chi connectivity index (χ0v) is 15.7. The first kappa shape index (κ1) is 19.2. The van der Waals surface area contributed by atoms with Crippen molar-refractivity contribution in [3.63, 3.8) is 0 Å². The van der Waals surface area contributed by atoms with E-state index in [9.17, 15) is 18.0 Å². The molecule has 1 atom stereocenters. The van der Waals surface area contributed by atoms with E-state index < -0.39 is 27.4 Å². The fourth-order valence-electron chi connectivity index (χ4n) is 2.57. The molecule has 2 aromatic carbocycles. The summed E-state index contributed by atoms with van der Waals surface area (Å²) in [4.78, 5) is 25.1. The Bertz CT molecular complexity index is 1040. The second-order valence-corrected chi connectivity index (χ2v) is 8.24. The normalized spacial score (nSPS) is 18.9. The Morgan fingerprint density at radius 1 is 1.30 bits per heavy atom. The molecule has 2 aromatic rings. The van der Waals surface area contributed by atoms with Gasteiger partial charge in [-0.15, -0.1) is 0 Å². The Hall–Kier alpha value is -2.62. The minimum atomic E-state index is -3.71. The zero-order chi connectivity index (χ0) is 19.8. The van der Waals surface area contributed by atoms with Gasteiger partial charge in [0.05, 0.1) is 11.4 Å². The quantitative estimate of drug-likeness (QED) is 0.664. The van der Waals surface area contributed by atoms with Crippen LogP contribution in [0.4, 0.5) is 11.4 Å². The molecule has 1 aliphatic rings. The number of halogens is 1. The van der Waals surface area contributed by atoms with Crippen LogP contribution in [-0.2, 0) is 25.4 Å². The maximum absolute atomic E-state index is 12.7. The number of sulfonamides is 1. The molecule has 0 saturated heterocycles. The third-order valence-corrected chi connectivity index (χ3v) is 4.89. The van der Waals surface area contributed by atoms with Crippen LogP contribution in [0.1, 0.15) is 12.5 Å². The number of benzene rings is 2. The minimum absolute atomic E-state index is 0.305. The van der Waals surface area contributed by atoms with Crippen LogP contribution in [0.15, 0.2) is 42.5 Å². The molecular weight excluding hydrogens is 394 g/mol. The third-order valence-electron chi connectivity index (χ3n) is 3.92. The predicted molar refractivity (Wildman–Crippen MR) is 101 cm³/mol. The van der Waals surface area contributed by atoms with Crippen LogP contribution in [0.2, 0.25) is 5.02 Å². The van der Waals surface area contributed by atoms with Crippen LogP contribution < -0.4 is 20.5 Å². The first-order chi connectivity index (χ1) is 12.6. The molecule has 0 radical (unpaired) electrons. The number of rotatable bonds is 4. The van der Waals surface area contributed by atoms with Crippen molar-refractivity contribution < 1.29 is 22.7 Å². The number of fused-ring (bicyclic) bond motifs is 1. The number of hydrogen-bond acceptors (Lipinski definition) is 5. The van der Waals surface area contributed by atoms with Gasteiger partial charge in [0.25, 0.3) is 17.4 Å². The van der Waals surface area contributed by atoms with E-state index >= 15 is 0 Å². The SMILES string of the molecule is CC1(C(=O)Nc2cccc(CS(N)(=O)=O)c2)Oc2ccc(Cl)cc2NC1=O. The summed E-state index contributed by atoms with van der Waals surface area (Å²) in [5.74, 6) is -1.44. The molecule has 8 nitrogen and oxygen atoms in total. The molecule has 0 aliphatic carbocycles. The molecule has 0 fully saturated rings. The van der Waals surface area contributed by atoms with Gasteiger partial charge in [0.1, 0.15) is 5.75 Å². The van der Waals surface area contributed by atoms with E-state index in [1.807, 2.05) is 0 Å². The third kappa shape index (κ3) is 4.21.